The summed E-state index contributed by atoms with van der Waals surface area (Å²) in [6.45, 7) is 7.59. The van der Waals surface area contributed by atoms with Crippen molar-refractivity contribution in [3.8, 4) is 0 Å². The zero-order valence-electron chi connectivity index (χ0n) is 12.4. The molecule has 0 bridgehead atoms. The van der Waals surface area contributed by atoms with E-state index in [9.17, 15) is 9.90 Å². The Labute approximate surface area is 116 Å². The molecular weight excluding hydrogens is 244 g/mol. The second-order valence-corrected chi connectivity index (χ2v) is 5.46. The molecule has 0 aliphatic carbocycles. The lowest BCUT2D eigenvalue weighted by Crippen LogP contribution is -2.52. The monoisotopic (exact) mass is 272 g/mol. The van der Waals surface area contributed by atoms with E-state index in [1.807, 2.05) is 6.92 Å². The van der Waals surface area contributed by atoms with Crippen molar-refractivity contribution < 1.29 is 14.6 Å². The first-order valence-corrected chi connectivity index (χ1v) is 7.34. The van der Waals surface area contributed by atoms with Crippen LogP contribution in [0.5, 0.6) is 0 Å². The molecule has 0 aromatic rings. The predicted molar refractivity (Wildman–Crippen MR) is 75.0 cm³/mol. The van der Waals surface area contributed by atoms with Crippen LogP contribution in [0.25, 0.3) is 0 Å². The Kier molecular flexibility index (Phi) is 6.75. The van der Waals surface area contributed by atoms with Gasteiger partial charge in [0.25, 0.3) is 0 Å². The van der Waals surface area contributed by atoms with Gasteiger partial charge in [-0.25, -0.2) is 0 Å². The molecule has 1 heterocycles. The summed E-state index contributed by atoms with van der Waals surface area (Å²) in [5, 5.41) is 16.4. The molecule has 1 fully saturated rings. The Morgan fingerprint density at radius 1 is 1.32 bits per heavy atom. The van der Waals surface area contributed by atoms with Crippen molar-refractivity contribution in [2.24, 2.45) is 0 Å². The third-order valence-corrected chi connectivity index (χ3v) is 3.89. The number of aliphatic hydroxyl groups is 1. The second kappa shape index (κ2) is 7.82. The summed E-state index contributed by atoms with van der Waals surface area (Å²) < 4.78 is 5.23. The molecule has 1 unspecified atom stereocenters. The minimum Gasteiger partial charge on any atom is -0.388 e. The molecule has 5 nitrogen and oxygen atoms in total. The van der Waals surface area contributed by atoms with E-state index in [4.69, 9.17) is 4.74 Å². The van der Waals surface area contributed by atoms with Crippen LogP contribution in [0.15, 0.2) is 0 Å². The summed E-state index contributed by atoms with van der Waals surface area (Å²) in [4.78, 5) is 12.0. The van der Waals surface area contributed by atoms with E-state index >= 15 is 0 Å². The van der Waals surface area contributed by atoms with Crippen molar-refractivity contribution in [1.82, 2.24) is 10.6 Å². The fourth-order valence-electron chi connectivity index (χ4n) is 2.18. The van der Waals surface area contributed by atoms with Crippen LogP contribution in [0.3, 0.4) is 0 Å². The van der Waals surface area contributed by atoms with E-state index < -0.39 is 5.60 Å². The van der Waals surface area contributed by atoms with E-state index in [0.29, 0.717) is 32.6 Å². The summed E-state index contributed by atoms with van der Waals surface area (Å²) in [6, 6.07) is -0.0459. The number of nitrogens with one attached hydrogen (secondary N) is 2. The molecule has 5 heteroatoms. The fourth-order valence-corrected chi connectivity index (χ4v) is 2.18. The van der Waals surface area contributed by atoms with Crippen LogP contribution in [0, 0.1) is 0 Å². The van der Waals surface area contributed by atoms with E-state index in [2.05, 4.69) is 24.5 Å². The Morgan fingerprint density at radius 3 is 2.42 bits per heavy atom. The van der Waals surface area contributed by atoms with Crippen LogP contribution < -0.4 is 10.6 Å². The first-order valence-electron chi connectivity index (χ1n) is 7.34. The number of ether oxygens (including phenoxy) is 1. The van der Waals surface area contributed by atoms with Crippen molar-refractivity contribution in [2.45, 2.75) is 64.1 Å². The minimum atomic E-state index is -0.734. The third-order valence-electron chi connectivity index (χ3n) is 3.89. The van der Waals surface area contributed by atoms with Crippen LogP contribution in [-0.4, -0.2) is 48.5 Å². The van der Waals surface area contributed by atoms with Gasteiger partial charge >= 0.3 is 0 Å². The number of hydrogen-bond acceptors (Lipinski definition) is 4. The normalized spacial score (nSPS) is 20.3. The number of carbonyl (C=O) groups excluding carboxylic acids is 1. The van der Waals surface area contributed by atoms with Crippen LogP contribution >= 0.6 is 0 Å². The van der Waals surface area contributed by atoms with Gasteiger partial charge in [-0.05, 0) is 19.8 Å². The van der Waals surface area contributed by atoms with Gasteiger partial charge in [-0.2, -0.15) is 0 Å². The maximum absolute atomic E-state index is 12.0. The van der Waals surface area contributed by atoms with E-state index in [0.717, 1.165) is 12.8 Å². The molecular formula is C14H28N2O3. The quantitative estimate of drug-likeness (QED) is 0.641. The highest BCUT2D eigenvalue weighted by atomic mass is 16.5. The SMILES string of the molecule is CCC(CC)NC(=O)C(C)NCC1(O)CCOCC1. The van der Waals surface area contributed by atoms with Gasteiger partial charge in [-0.1, -0.05) is 13.8 Å². The van der Waals surface area contributed by atoms with E-state index in [1.54, 1.807) is 0 Å². The van der Waals surface area contributed by atoms with Gasteiger partial charge in [0.1, 0.15) is 0 Å². The molecule has 0 aromatic heterocycles. The smallest absolute Gasteiger partial charge is 0.237 e. The third kappa shape index (κ3) is 5.47. The van der Waals surface area contributed by atoms with Crippen molar-refractivity contribution >= 4 is 5.91 Å². The van der Waals surface area contributed by atoms with Gasteiger partial charge < -0.3 is 20.5 Å². The summed E-state index contributed by atoms with van der Waals surface area (Å²) in [5.74, 6) is 0.00404. The maximum Gasteiger partial charge on any atom is 0.237 e. The number of carbonyl (C=O) groups is 1. The molecule has 112 valence electrons. The molecule has 0 radical (unpaired) electrons. The molecule has 1 saturated heterocycles. The first kappa shape index (κ1) is 16.4. The van der Waals surface area contributed by atoms with Crippen molar-refractivity contribution in [3.05, 3.63) is 0 Å². The van der Waals surface area contributed by atoms with Crippen LogP contribution in [-0.2, 0) is 9.53 Å². The molecule has 1 rings (SSSR count). The molecule has 1 aliphatic rings. The van der Waals surface area contributed by atoms with Crippen molar-refractivity contribution in [2.75, 3.05) is 19.8 Å². The molecule has 1 amide bonds. The highest BCUT2D eigenvalue weighted by molar-refractivity contribution is 5.81. The Balaban J connectivity index is 2.33. The summed E-state index contributed by atoms with van der Waals surface area (Å²) in [7, 11) is 0. The van der Waals surface area contributed by atoms with Gasteiger partial charge in [-0.15, -0.1) is 0 Å². The molecule has 0 spiro atoms. The Morgan fingerprint density at radius 2 is 1.89 bits per heavy atom. The highest BCUT2D eigenvalue weighted by Crippen LogP contribution is 2.19. The van der Waals surface area contributed by atoms with Crippen LogP contribution in [0.1, 0.15) is 46.5 Å². The second-order valence-electron chi connectivity index (χ2n) is 5.46. The molecule has 0 aromatic carbocycles. The molecule has 3 N–H and O–H groups in total. The highest BCUT2D eigenvalue weighted by Gasteiger charge is 2.30. The van der Waals surface area contributed by atoms with E-state index in [-0.39, 0.29) is 18.0 Å². The fraction of sp³-hybridized carbons (Fsp3) is 0.929. The largest absolute Gasteiger partial charge is 0.388 e. The van der Waals surface area contributed by atoms with E-state index in [1.165, 1.54) is 0 Å². The summed E-state index contributed by atoms with van der Waals surface area (Å²) >= 11 is 0. The Hall–Kier alpha value is -0.650. The van der Waals surface area contributed by atoms with Crippen LogP contribution in [0.2, 0.25) is 0 Å². The van der Waals surface area contributed by atoms with Gasteiger partial charge in [0.05, 0.1) is 11.6 Å². The number of hydrogen-bond donors (Lipinski definition) is 3. The standard InChI is InChI=1S/C14H28N2O3/c1-4-12(5-2)16-13(17)11(3)15-10-14(18)6-8-19-9-7-14/h11-12,15,18H,4-10H2,1-3H3,(H,16,17). The van der Waals surface area contributed by atoms with Gasteiger partial charge in [0.2, 0.25) is 5.91 Å². The lowest BCUT2D eigenvalue weighted by Gasteiger charge is -2.33. The van der Waals surface area contributed by atoms with Gasteiger partial charge in [-0.3, -0.25) is 4.79 Å². The zero-order chi connectivity index (χ0) is 14.3. The molecule has 1 aliphatic heterocycles. The lowest BCUT2D eigenvalue weighted by molar-refractivity contribution is -0.124. The summed E-state index contributed by atoms with van der Waals surface area (Å²) in [5.41, 5.74) is -0.734. The molecule has 19 heavy (non-hydrogen) atoms. The van der Waals surface area contributed by atoms with Gasteiger partial charge in [0, 0.05) is 38.6 Å². The molecule has 1 atom stereocenters. The summed E-state index contributed by atoms with van der Waals surface area (Å²) in [6.07, 6.45) is 3.13. The number of amides is 1. The molecule has 0 saturated carbocycles. The topological polar surface area (TPSA) is 70.6 Å². The first-order chi connectivity index (χ1) is 9.00. The number of rotatable bonds is 7. The average Bonchev–Trinajstić information content (AvgIpc) is 2.42. The predicted octanol–water partition coefficient (Wildman–Crippen LogP) is 0.811. The maximum atomic E-state index is 12.0. The van der Waals surface area contributed by atoms with Gasteiger partial charge in [0.15, 0.2) is 0 Å². The van der Waals surface area contributed by atoms with Crippen molar-refractivity contribution in [3.63, 3.8) is 0 Å². The zero-order valence-corrected chi connectivity index (χ0v) is 12.4. The van der Waals surface area contributed by atoms with Crippen molar-refractivity contribution in [1.29, 1.82) is 0 Å². The minimum absolute atomic E-state index is 0.00404. The average molecular weight is 272 g/mol. The Bertz CT molecular complexity index is 274. The lowest BCUT2D eigenvalue weighted by atomic mass is 9.94. The van der Waals surface area contributed by atoms with Crippen LogP contribution in [0.4, 0.5) is 0 Å².